The molecule has 3 nitrogen and oxygen atoms in total. The molecule has 0 bridgehead atoms. The first-order chi connectivity index (χ1) is 9.40. The summed E-state index contributed by atoms with van der Waals surface area (Å²) in [5.41, 5.74) is -0.688. The summed E-state index contributed by atoms with van der Waals surface area (Å²) in [5.74, 6) is 0.0616. The van der Waals surface area contributed by atoms with Crippen LogP contribution in [-0.4, -0.2) is 10.1 Å². The van der Waals surface area contributed by atoms with Crippen molar-refractivity contribution in [3.63, 3.8) is 0 Å². The van der Waals surface area contributed by atoms with Gasteiger partial charge in [0.1, 0.15) is 16.9 Å². The molecule has 0 fully saturated rings. The third kappa shape index (κ3) is 3.49. The fraction of sp³-hybridized carbons (Fsp3) is 0.308. The Balaban J connectivity index is 2.27. The molecule has 2 aromatic rings. The zero-order valence-corrected chi connectivity index (χ0v) is 11.3. The van der Waals surface area contributed by atoms with E-state index in [0.29, 0.717) is 5.01 Å². The molecule has 0 aliphatic heterocycles. The molecule has 1 N–H and O–H groups in total. The van der Waals surface area contributed by atoms with Crippen molar-refractivity contribution in [2.45, 2.75) is 25.8 Å². The van der Waals surface area contributed by atoms with Crippen LogP contribution in [-0.2, 0) is 12.8 Å². The van der Waals surface area contributed by atoms with Crippen LogP contribution in [0.15, 0.2) is 29.8 Å². The van der Waals surface area contributed by atoms with Crippen LogP contribution in [0.4, 0.5) is 13.2 Å². The number of hydrogen-bond donors (Lipinski definition) is 1. The Morgan fingerprint density at radius 2 is 2.10 bits per heavy atom. The van der Waals surface area contributed by atoms with Gasteiger partial charge in [-0.05, 0) is 30.7 Å². The highest BCUT2D eigenvalue weighted by Gasteiger charge is 2.31. The molecule has 1 atom stereocenters. The minimum absolute atomic E-state index is 0.0616. The van der Waals surface area contributed by atoms with Gasteiger partial charge in [0.25, 0.3) is 0 Å². The van der Waals surface area contributed by atoms with Gasteiger partial charge in [-0.15, -0.1) is 11.3 Å². The van der Waals surface area contributed by atoms with Gasteiger partial charge in [-0.3, -0.25) is 0 Å². The molecule has 1 aromatic heterocycles. The van der Waals surface area contributed by atoms with E-state index in [4.69, 9.17) is 9.84 Å². The minimum Gasteiger partial charge on any atom is -0.484 e. The highest BCUT2D eigenvalue weighted by molar-refractivity contribution is 7.09. The lowest BCUT2D eigenvalue weighted by Gasteiger charge is -2.15. The van der Waals surface area contributed by atoms with Gasteiger partial charge in [-0.1, -0.05) is 0 Å². The lowest BCUT2D eigenvalue weighted by molar-refractivity contribution is -0.137. The molecule has 0 spiro atoms. The summed E-state index contributed by atoms with van der Waals surface area (Å²) in [4.78, 5) is 4.05. The number of ether oxygens (including phenoxy) is 1. The van der Waals surface area contributed by atoms with Crippen molar-refractivity contribution in [3.8, 4) is 5.75 Å². The first-order valence-corrected chi connectivity index (χ1v) is 6.66. The molecular formula is C13H12F3NO2S. The highest BCUT2D eigenvalue weighted by Crippen LogP contribution is 2.34. The summed E-state index contributed by atoms with van der Waals surface area (Å²) in [6.07, 6.45) is -3.33. The van der Waals surface area contributed by atoms with Gasteiger partial charge in [0.2, 0.25) is 0 Å². The van der Waals surface area contributed by atoms with Crippen LogP contribution < -0.4 is 4.74 Å². The number of aromatic nitrogens is 1. The predicted molar refractivity (Wildman–Crippen MR) is 68.5 cm³/mol. The molecule has 1 unspecified atom stereocenters. The number of benzene rings is 1. The molecule has 108 valence electrons. The lowest BCUT2D eigenvalue weighted by Crippen LogP contribution is -2.08. The van der Waals surface area contributed by atoms with Gasteiger partial charge >= 0.3 is 6.18 Å². The van der Waals surface area contributed by atoms with Crippen molar-refractivity contribution < 1.29 is 23.0 Å². The lowest BCUT2D eigenvalue weighted by atomic mass is 10.1. The first kappa shape index (κ1) is 14.8. The van der Waals surface area contributed by atoms with Crippen LogP contribution in [0, 0.1) is 0 Å². The molecule has 1 aromatic carbocycles. The largest absolute Gasteiger partial charge is 0.484 e. The average Bonchev–Trinajstić information content (AvgIpc) is 2.91. The van der Waals surface area contributed by atoms with Gasteiger partial charge in [0.15, 0.2) is 0 Å². The van der Waals surface area contributed by atoms with Gasteiger partial charge in [-0.25, -0.2) is 4.98 Å². The summed E-state index contributed by atoms with van der Waals surface area (Å²) in [5, 5.41) is 11.5. The molecule has 7 heteroatoms. The Bertz CT molecular complexity index is 569. The van der Waals surface area contributed by atoms with Crippen LogP contribution in [0.2, 0.25) is 0 Å². The Morgan fingerprint density at radius 1 is 1.35 bits per heavy atom. The Kier molecular flexibility index (Phi) is 4.29. The quantitative estimate of drug-likeness (QED) is 0.934. The topological polar surface area (TPSA) is 42.4 Å². The molecule has 1 heterocycles. The van der Waals surface area contributed by atoms with E-state index in [2.05, 4.69) is 4.98 Å². The van der Waals surface area contributed by atoms with Gasteiger partial charge in [0, 0.05) is 11.6 Å². The third-order valence-electron chi connectivity index (χ3n) is 2.59. The number of aliphatic hydroxyl groups excluding tert-OH is 1. The molecule has 0 saturated heterocycles. The van der Waals surface area contributed by atoms with E-state index >= 15 is 0 Å². The van der Waals surface area contributed by atoms with Crippen LogP contribution in [0.5, 0.6) is 5.75 Å². The van der Waals surface area contributed by atoms with E-state index in [-0.39, 0.29) is 11.3 Å². The van der Waals surface area contributed by atoms with Gasteiger partial charge in [-0.2, -0.15) is 13.2 Å². The molecule has 0 aliphatic carbocycles. The zero-order valence-electron chi connectivity index (χ0n) is 10.5. The number of nitrogens with zero attached hydrogens (tertiary/aromatic N) is 1. The SMILES string of the molecule is CC(Oc1cc(CO)cc(C(F)(F)F)c1)c1nccs1. The van der Waals surface area contributed by atoms with Crippen molar-refractivity contribution in [2.75, 3.05) is 0 Å². The van der Waals surface area contributed by atoms with Crippen molar-refractivity contribution in [1.82, 2.24) is 4.98 Å². The van der Waals surface area contributed by atoms with E-state index in [1.54, 1.807) is 18.5 Å². The van der Waals surface area contributed by atoms with Crippen LogP contribution in [0.25, 0.3) is 0 Å². The number of aliphatic hydroxyl groups is 1. The first-order valence-electron chi connectivity index (χ1n) is 5.78. The maximum absolute atomic E-state index is 12.7. The normalized spacial score (nSPS) is 13.2. The Labute approximate surface area is 117 Å². The van der Waals surface area contributed by atoms with Crippen LogP contribution >= 0.6 is 11.3 Å². The number of rotatable bonds is 4. The summed E-state index contributed by atoms with van der Waals surface area (Å²) in [6, 6.07) is 3.21. The summed E-state index contributed by atoms with van der Waals surface area (Å²) >= 11 is 1.36. The van der Waals surface area contributed by atoms with E-state index in [9.17, 15) is 13.2 Å². The molecular weight excluding hydrogens is 291 g/mol. The monoisotopic (exact) mass is 303 g/mol. The Morgan fingerprint density at radius 3 is 2.65 bits per heavy atom. The fourth-order valence-electron chi connectivity index (χ4n) is 1.67. The van der Waals surface area contributed by atoms with Crippen LogP contribution in [0.3, 0.4) is 0 Å². The molecule has 0 amide bonds. The van der Waals surface area contributed by atoms with Crippen molar-refractivity contribution in [2.24, 2.45) is 0 Å². The third-order valence-corrected chi connectivity index (χ3v) is 3.52. The van der Waals surface area contributed by atoms with Crippen molar-refractivity contribution in [3.05, 3.63) is 45.9 Å². The maximum Gasteiger partial charge on any atom is 0.416 e. The smallest absolute Gasteiger partial charge is 0.416 e. The van der Waals surface area contributed by atoms with Crippen molar-refractivity contribution >= 4 is 11.3 Å². The maximum atomic E-state index is 12.7. The highest BCUT2D eigenvalue weighted by atomic mass is 32.1. The van der Waals surface area contributed by atoms with Gasteiger partial charge in [0.05, 0.1) is 12.2 Å². The predicted octanol–water partition coefficient (Wildman–Crippen LogP) is 3.79. The number of hydrogen-bond acceptors (Lipinski definition) is 4. The number of thiazole rings is 1. The van der Waals surface area contributed by atoms with Crippen molar-refractivity contribution in [1.29, 1.82) is 0 Å². The van der Waals surface area contributed by atoms with Crippen LogP contribution in [0.1, 0.15) is 29.2 Å². The Hall–Kier alpha value is -1.60. The van der Waals surface area contributed by atoms with Gasteiger partial charge < -0.3 is 9.84 Å². The second-order valence-electron chi connectivity index (χ2n) is 4.15. The fourth-order valence-corrected chi connectivity index (χ4v) is 2.30. The summed E-state index contributed by atoms with van der Waals surface area (Å²) in [7, 11) is 0. The molecule has 0 radical (unpaired) electrons. The van der Waals surface area contributed by atoms with E-state index in [1.807, 2.05) is 0 Å². The van der Waals surface area contributed by atoms with E-state index in [1.165, 1.54) is 17.4 Å². The molecule has 0 saturated carbocycles. The summed E-state index contributed by atoms with van der Waals surface area (Å²) in [6.45, 7) is 1.23. The molecule has 2 rings (SSSR count). The van der Waals surface area contributed by atoms with E-state index < -0.39 is 24.5 Å². The molecule has 0 aliphatic rings. The standard InChI is InChI=1S/C13H12F3NO2S/c1-8(12-17-2-3-20-12)19-11-5-9(7-18)4-10(6-11)13(14,15)16/h2-6,8,18H,7H2,1H3. The zero-order chi connectivity index (χ0) is 14.8. The molecule has 20 heavy (non-hydrogen) atoms. The number of halogens is 3. The second kappa shape index (κ2) is 5.80. The average molecular weight is 303 g/mol. The van der Waals surface area contributed by atoms with E-state index in [0.717, 1.165) is 12.1 Å². The number of alkyl halides is 3. The second-order valence-corrected chi connectivity index (χ2v) is 5.08. The summed E-state index contributed by atoms with van der Waals surface area (Å²) < 4.78 is 43.7. The minimum atomic E-state index is -4.48.